The van der Waals surface area contributed by atoms with Crippen molar-refractivity contribution in [1.29, 1.82) is 0 Å². The lowest BCUT2D eigenvalue weighted by Crippen LogP contribution is -2.46. The van der Waals surface area contributed by atoms with E-state index in [0.717, 1.165) is 48.6 Å². The maximum Gasteiger partial charge on any atom is 0.203 e. The smallest absolute Gasteiger partial charge is 0.203 e. The molecule has 1 aromatic heterocycles. The summed E-state index contributed by atoms with van der Waals surface area (Å²) in [4.78, 5) is 9.47. The number of nitrogens with zero attached hydrogens (tertiary/aromatic N) is 4. The Bertz CT molecular complexity index is 1320. The number of anilines is 1. The van der Waals surface area contributed by atoms with Gasteiger partial charge in [-0.3, -0.25) is 4.90 Å². The first-order chi connectivity index (χ1) is 17.6. The molecule has 0 saturated carbocycles. The molecule has 1 aliphatic rings. The van der Waals surface area contributed by atoms with Gasteiger partial charge in [0.05, 0.1) is 44.6 Å². The van der Waals surface area contributed by atoms with E-state index in [1.807, 2.05) is 42.5 Å². The zero-order valence-electron chi connectivity index (χ0n) is 20.9. The summed E-state index contributed by atoms with van der Waals surface area (Å²) in [5.74, 6) is 2.65. The molecule has 4 aromatic rings. The second-order valence-electron chi connectivity index (χ2n) is 8.85. The number of hydrogen-bond donors (Lipinski definition) is 0. The molecule has 0 radical (unpaired) electrons. The van der Waals surface area contributed by atoms with Gasteiger partial charge in [0, 0.05) is 32.7 Å². The standard InChI is InChI=1S/C28H31FN4O3/c1-34-25-16-20(17-26(35-2)28(25)36-3)18-33-24-11-7-5-9-22(24)30-27(33)19-31-12-14-32(15-13-31)23-10-6-4-8-21(23)29/h4-11,16-17H,12-15,18-19H2,1-3H3. The van der Waals surface area contributed by atoms with E-state index < -0.39 is 0 Å². The van der Waals surface area contributed by atoms with Crippen LogP contribution in [0.25, 0.3) is 11.0 Å². The summed E-state index contributed by atoms with van der Waals surface area (Å²) >= 11 is 0. The quantitative estimate of drug-likeness (QED) is 0.361. The van der Waals surface area contributed by atoms with Gasteiger partial charge in [-0.2, -0.15) is 0 Å². The van der Waals surface area contributed by atoms with Crippen LogP contribution in [0.1, 0.15) is 11.4 Å². The van der Waals surface area contributed by atoms with Gasteiger partial charge < -0.3 is 23.7 Å². The molecule has 0 unspecified atom stereocenters. The summed E-state index contributed by atoms with van der Waals surface area (Å²) in [6.07, 6.45) is 0. The lowest BCUT2D eigenvalue weighted by atomic mass is 10.1. The van der Waals surface area contributed by atoms with Gasteiger partial charge in [0.1, 0.15) is 11.6 Å². The maximum atomic E-state index is 14.3. The van der Waals surface area contributed by atoms with E-state index in [-0.39, 0.29) is 5.82 Å². The molecule has 3 aromatic carbocycles. The van der Waals surface area contributed by atoms with Crippen LogP contribution >= 0.6 is 0 Å². The summed E-state index contributed by atoms with van der Waals surface area (Å²) < 4.78 is 33.1. The number of hydrogen-bond acceptors (Lipinski definition) is 6. The molecule has 1 fully saturated rings. The van der Waals surface area contributed by atoms with Crippen LogP contribution in [-0.2, 0) is 13.1 Å². The second kappa shape index (κ2) is 10.5. The van der Waals surface area contributed by atoms with Crippen molar-refractivity contribution in [1.82, 2.24) is 14.5 Å². The third-order valence-electron chi connectivity index (χ3n) is 6.73. The third-order valence-corrected chi connectivity index (χ3v) is 6.73. The van der Waals surface area contributed by atoms with Crippen LogP contribution < -0.4 is 19.1 Å². The minimum atomic E-state index is -0.168. The van der Waals surface area contributed by atoms with Gasteiger partial charge in [0.25, 0.3) is 0 Å². The molecule has 0 bridgehead atoms. The highest BCUT2D eigenvalue weighted by Gasteiger charge is 2.22. The number of piperazine rings is 1. The molecule has 7 nitrogen and oxygen atoms in total. The summed E-state index contributed by atoms with van der Waals surface area (Å²) in [5, 5.41) is 0. The highest BCUT2D eigenvalue weighted by molar-refractivity contribution is 5.76. The predicted octanol–water partition coefficient (Wildman–Crippen LogP) is 4.57. The van der Waals surface area contributed by atoms with Crippen molar-refractivity contribution in [3.8, 4) is 17.2 Å². The van der Waals surface area contributed by atoms with Gasteiger partial charge in [-0.05, 0) is 42.0 Å². The molecule has 0 aliphatic carbocycles. The van der Waals surface area contributed by atoms with Gasteiger partial charge >= 0.3 is 0 Å². The van der Waals surface area contributed by atoms with E-state index in [0.29, 0.717) is 36.0 Å². The largest absolute Gasteiger partial charge is 0.493 e. The molecule has 5 rings (SSSR count). The van der Waals surface area contributed by atoms with Crippen LogP contribution in [0.2, 0.25) is 0 Å². The molecular weight excluding hydrogens is 459 g/mol. The fraction of sp³-hybridized carbons (Fsp3) is 0.321. The molecule has 0 spiro atoms. The molecule has 8 heteroatoms. The number of ether oxygens (including phenoxy) is 3. The average Bonchev–Trinajstić information content (AvgIpc) is 3.25. The topological polar surface area (TPSA) is 52.0 Å². The highest BCUT2D eigenvalue weighted by Crippen LogP contribution is 2.38. The zero-order valence-corrected chi connectivity index (χ0v) is 20.9. The Balaban J connectivity index is 1.39. The number of para-hydroxylation sites is 3. The van der Waals surface area contributed by atoms with Gasteiger partial charge in [-0.15, -0.1) is 0 Å². The van der Waals surface area contributed by atoms with Crippen LogP contribution in [0.4, 0.5) is 10.1 Å². The number of aromatic nitrogens is 2. The van der Waals surface area contributed by atoms with Crippen LogP contribution in [-0.4, -0.2) is 62.0 Å². The van der Waals surface area contributed by atoms with Crippen molar-refractivity contribution in [3.05, 3.63) is 77.9 Å². The minimum Gasteiger partial charge on any atom is -0.493 e. The molecule has 0 amide bonds. The first kappa shape index (κ1) is 23.9. The van der Waals surface area contributed by atoms with Crippen molar-refractivity contribution < 1.29 is 18.6 Å². The Labute approximate surface area is 210 Å². The zero-order chi connectivity index (χ0) is 25.1. The minimum absolute atomic E-state index is 0.168. The number of methoxy groups -OCH3 is 3. The predicted molar refractivity (Wildman–Crippen MR) is 139 cm³/mol. The van der Waals surface area contributed by atoms with Crippen LogP contribution in [0.3, 0.4) is 0 Å². The first-order valence-electron chi connectivity index (χ1n) is 12.1. The second-order valence-corrected chi connectivity index (χ2v) is 8.85. The Morgan fingerprint density at radius 2 is 1.47 bits per heavy atom. The SMILES string of the molecule is COc1cc(Cn2c(CN3CCN(c4ccccc4F)CC3)nc3ccccc32)cc(OC)c1OC. The monoisotopic (exact) mass is 490 g/mol. The number of imidazole rings is 1. The molecule has 0 N–H and O–H groups in total. The normalized spacial score (nSPS) is 14.3. The van der Waals surface area contributed by atoms with E-state index >= 15 is 0 Å². The van der Waals surface area contributed by atoms with E-state index in [1.54, 1.807) is 27.4 Å². The van der Waals surface area contributed by atoms with Crippen LogP contribution in [0.5, 0.6) is 17.2 Å². The van der Waals surface area contributed by atoms with Crippen LogP contribution in [0, 0.1) is 5.82 Å². The Kier molecular flexibility index (Phi) is 6.95. The van der Waals surface area contributed by atoms with Gasteiger partial charge in [0.2, 0.25) is 5.75 Å². The first-order valence-corrected chi connectivity index (χ1v) is 12.1. The number of benzene rings is 3. The number of halogens is 1. The summed E-state index contributed by atoms with van der Waals surface area (Å²) in [5.41, 5.74) is 3.74. The van der Waals surface area contributed by atoms with E-state index in [2.05, 4.69) is 20.4 Å². The summed E-state index contributed by atoms with van der Waals surface area (Å²) in [6, 6.07) is 19.1. The molecule has 188 valence electrons. The summed E-state index contributed by atoms with van der Waals surface area (Å²) in [6.45, 7) is 4.54. The van der Waals surface area contributed by atoms with Crippen molar-refractivity contribution in [2.24, 2.45) is 0 Å². The summed E-state index contributed by atoms with van der Waals surface area (Å²) in [7, 11) is 4.85. The van der Waals surface area contributed by atoms with Crippen molar-refractivity contribution in [2.75, 3.05) is 52.4 Å². The fourth-order valence-corrected chi connectivity index (χ4v) is 4.89. The molecule has 1 aliphatic heterocycles. The van der Waals surface area contributed by atoms with Crippen molar-refractivity contribution in [3.63, 3.8) is 0 Å². The lowest BCUT2D eigenvalue weighted by Gasteiger charge is -2.36. The highest BCUT2D eigenvalue weighted by atomic mass is 19.1. The third kappa shape index (κ3) is 4.68. The molecule has 0 atom stereocenters. The number of fused-ring (bicyclic) bond motifs is 1. The molecule has 2 heterocycles. The maximum absolute atomic E-state index is 14.3. The van der Waals surface area contributed by atoms with E-state index in [1.165, 1.54) is 6.07 Å². The fourth-order valence-electron chi connectivity index (χ4n) is 4.89. The Morgan fingerprint density at radius 3 is 2.14 bits per heavy atom. The van der Waals surface area contributed by atoms with Gasteiger partial charge in [-0.25, -0.2) is 9.37 Å². The molecular formula is C28H31FN4O3. The van der Waals surface area contributed by atoms with Crippen molar-refractivity contribution >= 4 is 16.7 Å². The van der Waals surface area contributed by atoms with E-state index in [9.17, 15) is 4.39 Å². The lowest BCUT2D eigenvalue weighted by molar-refractivity contribution is 0.241. The Hall–Kier alpha value is -3.78. The molecule has 1 saturated heterocycles. The average molecular weight is 491 g/mol. The number of rotatable bonds is 8. The van der Waals surface area contributed by atoms with Crippen molar-refractivity contribution in [2.45, 2.75) is 13.1 Å². The van der Waals surface area contributed by atoms with Gasteiger partial charge in [0.15, 0.2) is 11.5 Å². The molecule has 36 heavy (non-hydrogen) atoms. The van der Waals surface area contributed by atoms with E-state index in [4.69, 9.17) is 19.2 Å². The Morgan fingerprint density at radius 1 is 0.806 bits per heavy atom. The van der Waals surface area contributed by atoms with Crippen LogP contribution in [0.15, 0.2) is 60.7 Å². The van der Waals surface area contributed by atoms with Gasteiger partial charge in [-0.1, -0.05) is 24.3 Å².